The van der Waals surface area contributed by atoms with E-state index in [9.17, 15) is 5.26 Å². The second-order valence-corrected chi connectivity index (χ2v) is 8.90. The second-order valence-electron chi connectivity index (χ2n) is 6.90. The smallest absolute Gasteiger partial charge is 0.134 e. The molecule has 3 aromatic rings. The van der Waals surface area contributed by atoms with Crippen LogP contribution in [0.1, 0.15) is 45.8 Å². The predicted molar refractivity (Wildman–Crippen MR) is 116 cm³/mol. The van der Waals surface area contributed by atoms with Crippen LogP contribution in [-0.4, -0.2) is 10.8 Å². The molecule has 4 rings (SSSR count). The molecule has 0 fully saturated rings. The van der Waals surface area contributed by atoms with Crippen molar-refractivity contribution in [2.75, 3.05) is 0 Å². The summed E-state index contributed by atoms with van der Waals surface area (Å²) in [6.45, 7) is 4.22. The average Bonchev–Trinajstić information content (AvgIpc) is 3.17. The van der Waals surface area contributed by atoms with E-state index in [1.807, 2.05) is 6.21 Å². The van der Waals surface area contributed by atoms with E-state index >= 15 is 0 Å². The van der Waals surface area contributed by atoms with Gasteiger partial charge in [-0.25, -0.2) is 4.99 Å². The van der Waals surface area contributed by atoms with Gasteiger partial charge >= 0.3 is 0 Å². The van der Waals surface area contributed by atoms with Gasteiger partial charge in [0, 0.05) is 38.2 Å². The largest absolute Gasteiger partial charge is 0.318 e. The Hall–Kier alpha value is -2.16. The van der Waals surface area contributed by atoms with Gasteiger partial charge in [0.1, 0.15) is 11.1 Å². The molecule has 5 heteroatoms. The molecule has 2 heterocycles. The van der Waals surface area contributed by atoms with Crippen LogP contribution in [0.25, 0.3) is 5.69 Å². The summed E-state index contributed by atoms with van der Waals surface area (Å²) in [5, 5.41) is 10.5. The third-order valence-corrected chi connectivity index (χ3v) is 6.87. The number of hydrogen-bond donors (Lipinski definition) is 0. The van der Waals surface area contributed by atoms with Gasteiger partial charge in [-0.1, -0.05) is 15.9 Å². The number of benzene rings is 1. The number of fused-ring (bicyclic) bond motifs is 1. The van der Waals surface area contributed by atoms with E-state index in [1.165, 1.54) is 29.0 Å². The van der Waals surface area contributed by atoms with Crippen molar-refractivity contribution in [2.24, 2.45) is 4.99 Å². The summed E-state index contributed by atoms with van der Waals surface area (Å²) < 4.78 is 3.31. The van der Waals surface area contributed by atoms with Gasteiger partial charge in [0.2, 0.25) is 0 Å². The number of aliphatic imine (C=N–C) groups is 1. The highest BCUT2D eigenvalue weighted by molar-refractivity contribution is 9.10. The van der Waals surface area contributed by atoms with Crippen LogP contribution in [-0.2, 0) is 12.8 Å². The molecule has 0 atom stereocenters. The van der Waals surface area contributed by atoms with E-state index in [0.29, 0.717) is 0 Å². The molecular formula is C22H20BrN3S. The van der Waals surface area contributed by atoms with Crippen molar-refractivity contribution in [3.63, 3.8) is 0 Å². The third-order valence-electron chi connectivity index (χ3n) is 5.14. The number of rotatable bonds is 3. The maximum absolute atomic E-state index is 9.61. The molecule has 27 heavy (non-hydrogen) atoms. The summed E-state index contributed by atoms with van der Waals surface area (Å²) in [7, 11) is 0. The number of aryl methyl sites for hydroxylation is 2. The van der Waals surface area contributed by atoms with E-state index in [4.69, 9.17) is 4.99 Å². The van der Waals surface area contributed by atoms with Crippen molar-refractivity contribution >= 4 is 38.5 Å². The molecular weight excluding hydrogens is 418 g/mol. The van der Waals surface area contributed by atoms with Crippen LogP contribution in [0.5, 0.6) is 0 Å². The standard InChI is InChI=1S/C22H20BrN3S/c1-14-11-16(15(2)26(14)18-9-7-17(23)8-10-18)13-25-22-20(12-24)19-5-3-4-6-21(19)27-22/h7-11,13H,3-6H2,1-2H3. The van der Waals surface area contributed by atoms with E-state index in [0.717, 1.165) is 44.8 Å². The minimum absolute atomic E-state index is 0.785. The van der Waals surface area contributed by atoms with Crippen LogP contribution >= 0.6 is 27.3 Å². The van der Waals surface area contributed by atoms with Crippen LogP contribution in [0, 0.1) is 25.2 Å². The van der Waals surface area contributed by atoms with Gasteiger partial charge in [-0.15, -0.1) is 11.3 Å². The van der Waals surface area contributed by atoms with Gasteiger partial charge in [-0.2, -0.15) is 5.26 Å². The lowest BCUT2D eigenvalue weighted by molar-refractivity contribution is 0.696. The first-order valence-electron chi connectivity index (χ1n) is 9.12. The summed E-state index contributed by atoms with van der Waals surface area (Å²) in [5.74, 6) is 0. The molecule has 0 radical (unpaired) electrons. The van der Waals surface area contributed by atoms with Crippen LogP contribution in [0.2, 0.25) is 0 Å². The molecule has 1 aliphatic rings. The van der Waals surface area contributed by atoms with E-state index in [2.05, 4.69) is 70.7 Å². The highest BCUT2D eigenvalue weighted by Gasteiger charge is 2.20. The van der Waals surface area contributed by atoms with Crippen LogP contribution < -0.4 is 0 Å². The molecule has 1 aromatic carbocycles. The summed E-state index contributed by atoms with van der Waals surface area (Å²) in [4.78, 5) is 6.08. The average molecular weight is 438 g/mol. The maximum atomic E-state index is 9.61. The molecule has 0 bridgehead atoms. The van der Waals surface area contributed by atoms with Gasteiger partial charge in [0.15, 0.2) is 0 Å². The fourth-order valence-corrected chi connectivity index (χ4v) is 5.24. The number of nitriles is 1. The van der Waals surface area contributed by atoms with E-state index < -0.39 is 0 Å². The highest BCUT2D eigenvalue weighted by Crippen LogP contribution is 2.39. The predicted octanol–water partition coefficient (Wildman–Crippen LogP) is 6.42. The van der Waals surface area contributed by atoms with Crippen molar-refractivity contribution < 1.29 is 0 Å². The summed E-state index contributed by atoms with van der Waals surface area (Å²) in [6, 6.07) is 12.9. The molecule has 0 aliphatic heterocycles. The Kier molecular flexibility index (Phi) is 5.03. The number of hydrogen-bond acceptors (Lipinski definition) is 3. The van der Waals surface area contributed by atoms with Crippen LogP contribution in [0.15, 0.2) is 39.8 Å². The van der Waals surface area contributed by atoms with Crippen LogP contribution in [0.4, 0.5) is 5.00 Å². The molecule has 2 aromatic heterocycles. The monoisotopic (exact) mass is 437 g/mol. The molecule has 0 spiro atoms. The Morgan fingerprint density at radius 2 is 1.93 bits per heavy atom. The lowest BCUT2D eigenvalue weighted by Crippen LogP contribution is -1.99. The number of nitrogens with zero attached hydrogens (tertiary/aromatic N) is 3. The molecule has 1 aliphatic carbocycles. The van der Waals surface area contributed by atoms with Crippen molar-refractivity contribution in [3.8, 4) is 11.8 Å². The Morgan fingerprint density at radius 1 is 1.19 bits per heavy atom. The Morgan fingerprint density at radius 3 is 2.67 bits per heavy atom. The van der Waals surface area contributed by atoms with Crippen molar-refractivity contribution in [3.05, 3.63) is 67.8 Å². The molecule has 0 N–H and O–H groups in total. The zero-order valence-corrected chi connectivity index (χ0v) is 17.8. The molecule has 0 saturated carbocycles. The fourth-order valence-electron chi connectivity index (χ4n) is 3.79. The molecule has 0 unspecified atom stereocenters. The topological polar surface area (TPSA) is 41.1 Å². The maximum Gasteiger partial charge on any atom is 0.134 e. The normalized spacial score (nSPS) is 13.7. The lowest BCUT2D eigenvalue weighted by Gasteiger charge is -2.09. The Balaban J connectivity index is 1.70. The number of thiophene rings is 1. The zero-order chi connectivity index (χ0) is 19.0. The van der Waals surface area contributed by atoms with E-state index in [-0.39, 0.29) is 0 Å². The van der Waals surface area contributed by atoms with Crippen LogP contribution in [0.3, 0.4) is 0 Å². The second kappa shape index (κ2) is 7.46. The first-order valence-corrected chi connectivity index (χ1v) is 10.7. The highest BCUT2D eigenvalue weighted by atomic mass is 79.9. The molecule has 0 saturated heterocycles. The van der Waals surface area contributed by atoms with Crippen molar-refractivity contribution in [1.29, 1.82) is 5.26 Å². The first-order chi connectivity index (χ1) is 13.1. The van der Waals surface area contributed by atoms with Gasteiger partial charge in [-0.3, -0.25) is 0 Å². The zero-order valence-electron chi connectivity index (χ0n) is 15.4. The fraction of sp³-hybridized carbons (Fsp3) is 0.273. The SMILES string of the molecule is Cc1cc(C=Nc2sc3c(c2C#N)CCCC3)c(C)n1-c1ccc(Br)cc1. The molecule has 136 valence electrons. The molecule has 0 amide bonds. The van der Waals surface area contributed by atoms with Gasteiger partial charge in [0.25, 0.3) is 0 Å². The minimum Gasteiger partial charge on any atom is -0.318 e. The molecule has 3 nitrogen and oxygen atoms in total. The Bertz CT molecular complexity index is 1060. The Labute approximate surface area is 172 Å². The third kappa shape index (κ3) is 3.40. The summed E-state index contributed by atoms with van der Waals surface area (Å²) in [5.41, 5.74) is 6.57. The van der Waals surface area contributed by atoms with Crippen molar-refractivity contribution in [2.45, 2.75) is 39.5 Å². The summed E-state index contributed by atoms with van der Waals surface area (Å²) in [6.07, 6.45) is 6.41. The quantitative estimate of drug-likeness (QED) is 0.435. The van der Waals surface area contributed by atoms with E-state index in [1.54, 1.807) is 11.3 Å². The van der Waals surface area contributed by atoms with Crippen molar-refractivity contribution in [1.82, 2.24) is 4.57 Å². The minimum atomic E-state index is 0.785. The van der Waals surface area contributed by atoms with Gasteiger partial charge < -0.3 is 4.57 Å². The lowest BCUT2D eigenvalue weighted by atomic mass is 9.96. The van der Waals surface area contributed by atoms with Gasteiger partial charge in [-0.05, 0) is 75.4 Å². The first kappa shape index (κ1) is 18.2. The summed E-state index contributed by atoms with van der Waals surface area (Å²) >= 11 is 5.18. The number of aromatic nitrogens is 1. The number of halogens is 1. The van der Waals surface area contributed by atoms with Gasteiger partial charge in [0.05, 0.1) is 5.56 Å².